The van der Waals surface area contributed by atoms with E-state index in [9.17, 15) is 17.6 Å². The Labute approximate surface area is 194 Å². The lowest BCUT2D eigenvalue weighted by Gasteiger charge is -2.23. The number of aromatic nitrogens is 1. The molecule has 0 unspecified atom stereocenters. The van der Waals surface area contributed by atoms with Crippen molar-refractivity contribution in [2.75, 3.05) is 6.61 Å². The van der Waals surface area contributed by atoms with Crippen LogP contribution in [0.2, 0.25) is 0 Å². The molecule has 0 radical (unpaired) electrons. The summed E-state index contributed by atoms with van der Waals surface area (Å²) in [5.74, 6) is -0.742. The van der Waals surface area contributed by atoms with E-state index in [1.54, 1.807) is 25.1 Å². The van der Waals surface area contributed by atoms with E-state index < -0.39 is 9.84 Å². The first-order valence-corrected chi connectivity index (χ1v) is 13.1. The van der Waals surface area contributed by atoms with Gasteiger partial charge in [-0.1, -0.05) is 37.5 Å². The Hall–Kier alpha value is -2.67. The zero-order valence-electron chi connectivity index (χ0n) is 19.1. The van der Waals surface area contributed by atoms with E-state index >= 15 is 0 Å². The Morgan fingerprint density at radius 2 is 1.85 bits per heavy atom. The highest BCUT2D eigenvalue weighted by atomic mass is 32.2. The van der Waals surface area contributed by atoms with Crippen molar-refractivity contribution in [3.8, 4) is 0 Å². The van der Waals surface area contributed by atoms with Crippen LogP contribution in [0, 0.1) is 12.7 Å². The Bertz CT molecular complexity index is 1270. The fourth-order valence-corrected chi connectivity index (χ4v) is 7.05. The van der Waals surface area contributed by atoms with Crippen LogP contribution in [0.4, 0.5) is 4.39 Å². The second kappa shape index (κ2) is 9.67. The fourth-order valence-electron chi connectivity index (χ4n) is 4.96. The van der Waals surface area contributed by atoms with E-state index in [2.05, 4.69) is 0 Å². The standard InChI is InChI=1S/C26H30FNO4S/c1-3-32-26(29)17-28-18(2)22(23-16-20(27)13-14-24(23)28)15-19-9-7-8-12-25(19)33(30,31)21-10-5-4-6-11-21/h7-9,12-14,16,21H,3-6,10-11,15,17H2,1-2H3. The summed E-state index contributed by atoms with van der Waals surface area (Å²) in [6.07, 6.45) is 4.68. The number of halogens is 1. The highest BCUT2D eigenvalue weighted by molar-refractivity contribution is 7.92. The molecule has 33 heavy (non-hydrogen) atoms. The molecule has 1 aliphatic rings. The Morgan fingerprint density at radius 1 is 1.12 bits per heavy atom. The van der Waals surface area contributed by atoms with Gasteiger partial charge in [0.1, 0.15) is 12.4 Å². The van der Waals surface area contributed by atoms with E-state index in [1.165, 1.54) is 12.1 Å². The minimum atomic E-state index is -3.46. The molecule has 7 heteroatoms. The zero-order chi connectivity index (χ0) is 23.6. The molecule has 1 aromatic heterocycles. The molecule has 0 amide bonds. The van der Waals surface area contributed by atoms with Crippen LogP contribution in [-0.4, -0.2) is 30.8 Å². The van der Waals surface area contributed by atoms with Gasteiger partial charge in [-0.05, 0) is 62.1 Å². The van der Waals surface area contributed by atoms with Crippen molar-refractivity contribution in [2.24, 2.45) is 0 Å². The van der Waals surface area contributed by atoms with Crippen molar-refractivity contribution in [1.29, 1.82) is 0 Å². The summed E-state index contributed by atoms with van der Waals surface area (Å²) in [6, 6.07) is 11.6. The van der Waals surface area contributed by atoms with Gasteiger partial charge in [-0.25, -0.2) is 12.8 Å². The van der Waals surface area contributed by atoms with Crippen molar-refractivity contribution in [3.05, 3.63) is 65.1 Å². The quantitative estimate of drug-likeness (QED) is 0.436. The molecule has 3 aromatic rings. The van der Waals surface area contributed by atoms with E-state index in [-0.39, 0.29) is 30.2 Å². The first-order chi connectivity index (χ1) is 15.8. The second-order valence-corrected chi connectivity index (χ2v) is 10.9. The first kappa shape index (κ1) is 23.5. The van der Waals surface area contributed by atoms with Crippen molar-refractivity contribution in [1.82, 2.24) is 4.57 Å². The summed E-state index contributed by atoms with van der Waals surface area (Å²) in [5.41, 5.74) is 3.05. The molecule has 2 aromatic carbocycles. The Morgan fingerprint density at radius 3 is 2.58 bits per heavy atom. The minimum absolute atomic E-state index is 0.0177. The van der Waals surface area contributed by atoms with Gasteiger partial charge in [0.2, 0.25) is 0 Å². The summed E-state index contributed by atoms with van der Waals surface area (Å²) >= 11 is 0. The predicted molar refractivity (Wildman–Crippen MR) is 127 cm³/mol. The number of nitrogens with zero attached hydrogens (tertiary/aromatic N) is 1. The number of rotatable bonds is 7. The third-order valence-corrected chi connectivity index (χ3v) is 9.01. The molecule has 1 heterocycles. The van der Waals surface area contributed by atoms with Gasteiger partial charge in [-0.3, -0.25) is 4.79 Å². The van der Waals surface area contributed by atoms with Crippen molar-refractivity contribution in [2.45, 2.75) is 69.1 Å². The predicted octanol–water partition coefficient (Wildman–Crippen LogP) is 5.35. The Balaban J connectivity index is 1.78. The van der Waals surface area contributed by atoms with Crippen LogP contribution >= 0.6 is 0 Å². The number of sulfone groups is 1. The highest BCUT2D eigenvalue weighted by Gasteiger charge is 2.31. The molecule has 176 valence electrons. The number of carbonyl (C=O) groups excluding carboxylic acids is 1. The molecule has 1 aliphatic carbocycles. The fraction of sp³-hybridized carbons (Fsp3) is 0.423. The number of fused-ring (bicyclic) bond motifs is 1. The third kappa shape index (κ3) is 4.69. The maximum absolute atomic E-state index is 14.2. The maximum Gasteiger partial charge on any atom is 0.325 e. The lowest BCUT2D eigenvalue weighted by Crippen LogP contribution is -2.25. The molecule has 0 saturated heterocycles. The minimum Gasteiger partial charge on any atom is -0.465 e. The molecule has 1 saturated carbocycles. The number of carbonyl (C=O) groups is 1. The highest BCUT2D eigenvalue weighted by Crippen LogP contribution is 2.34. The summed E-state index contributed by atoms with van der Waals surface area (Å²) in [6.45, 7) is 3.93. The van der Waals surface area contributed by atoms with Crippen LogP contribution in [0.25, 0.3) is 10.9 Å². The topological polar surface area (TPSA) is 65.4 Å². The molecule has 0 aliphatic heterocycles. The average Bonchev–Trinajstić information content (AvgIpc) is 3.05. The van der Waals surface area contributed by atoms with Crippen LogP contribution in [0.3, 0.4) is 0 Å². The molecule has 0 spiro atoms. The van der Waals surface area contributed by atoms with E-state index in [0.29, 0.717) is 35.1 Å². The summed E-state index contributed by atoms with van der Waals surface area (Å²) in [4.78, 5) is 12.6. The normalized spacial score (nSPS) is 15.1. The first-order valence-electron chi connectivity index (χ1n) is 11.6. The lowest BCUT2D eigenvalue weighted by molar-refractivity contribution is -0.143. The van der Waals surface area contributed by atoms with Gasteiger partial charge in [0.05, 0.1) is 16.8 Å². The Kier molecular flexibility index (Phi) is 6.88. The summed E-state index contributed by atoms with van der Waals surface area (Å²) in [5, 5.41) is 0.331. The number of benzene rings is 2. The van der Waals surface area contributed by atoms with Gasteiger partial charge in [0.15, 0.2) is 9.84 Å². The number of esters is 1. The van der Waals surface area contributed by atoms with E-state index in [4.69, 9.17) is 4.74 Å². The van der Waals surface area contributed by atoms with Gasteiger partial charge >= 0.3 is 5.97 Å². The van der Waals surface area contributed by atoms with Gasteiger partial charge in [-0.15, -0.1) is 0 Å². The van der Waals surface area contributed by atoms with Gasteiger partial charge in [0, 0.05) is 23.0 Å². The van der Waals surface area contributed by atoms with E-state index in [1.807, 2.05) is 23.6 Å². The van der Waals surface area contributed by atoms with Crippen molar-refractivity contribution < 1.29 is 22.3 Å². The summed E-state index contributed by atoms with van der Waals surface area (Å²) < 4.78 is 48.1. The van der Waals surface area contributed by atoms with Crippen LogP contribution in [0.1, 0.15) is 55.8 Å². The molecule has 5 nitrogen and oxygen atoms in total. The van der Waals surface area contributed by atoms with Gasteiger partial charge < -0.3 is 9.30 Å². The van der Waals surface area contributed by atoms with Crippen LogP contribution in [0.5, 0.6) is 0 Å². The zero-order valence-corrected chi connectivity index (χ0v) is 20.0. The van der Waals surface area contributed by atoms with Gasteiger partial charge in [-0.2, -0.15) is 0 Å². The lowest BCUT2D eigenvalue weighted by atomic mass is 10.0. The van der Waals surface area contributed by atoms with Gasteiger partial charge in [0.25, 0.3) is 0 Å². The molecule has 0 N–H and O–H groups in total. The van der Waals surface area contributed by atoms with Crippen LogP contribution in [0.15, 0.2) is 47.4 Å². The summed E-state index contributed by atoms with van der Waals surface area (Å²) in [7, 11) is -3.46. The number of hydrogen-bond acceptors (Lipinski definition) is 4. The smallest absolute Gasteiger partial charge is 0.325 e. The number of ether oxygens (including phenoxy) is 1. The molecule has 1 fully saturated rings. The average molecular weight is 472 g/mol. The molecule has 4 rings (SSSR count). The van der Waals surface area contributed by atoms with Crippen molar-refractivity contribution in [3.63, 3.8) is 0 Å². The largest absolute Gasteiger partial charge is 0.465 e. The maximum atomic E-state index is 14.2. The molecular weight excluding hydrogens is 441 g/mol. The van der Waals surface area contributed by atoms with Crippen LogP contribution < -0.4 is 0 Å². The van der Waals surface area contributed by atoms with Crippen LogP contribution in [-0.2, 0) is 32.3 Å². The molecule has 0 atom stereocenters. The molecule has 0 bridgehead atoms. The second-order valence-electron chi connectivity index (χ2n) is 8.71. The van der Waals surface area contributed by atoms with E-state index in [0.717, 1.165) is 36.0 Å². The molecular formula is C26H30FNO4S. The SMILES string of the molecule is CCOC(=O)Cn1c(C)c(Cc2ccccc2S(=O)(=O)C2CCCCC2)c2cc(F)ccc21. The van der Waals surface area contributed by atoms with Crippen molar-refractivity contribution >= 4 is 26.7 Å². The third-order valence-electron chi connectivity index (χ3n) is 6.65. The number of hydrogen-bond donors (Lipinski definition) is 0. The monoisotopic (exact) mass is 471 g/mol.